The summed E-state index contributed by atoms with van der Waals surface area (Å²) in [5.74, 6) is 1.70. The number of aryl methyl sites for hydroxylation is 1. The van der Waals surface area contributed by atoms with Crippen LogP contribution in [-0.2, 0) is 10.2 Å². The van der Waals surface area contributed by atoms with Crippen LogP contribution in [0.25, 0.3) is 0 Å². The number of carbonyl (C=O) groups is 1. The van der Waals surface area contributed by atoms with Crippen molar-refractivity contribution in [1.29, 1.82) is 0 Å². The van der Waals surface area contributed by atoms with Gasteiger partial charge in [-0.15, -0.1) is 0 Å². The predicted octanol–water partition coefficient (Wildman–Crippen LogP) is 2.90. The Balaban J connectivity index is 1.26. The Morgan fingerprint density at radius 2 is 1.60 bits per heavy atom. The van der Waals surface area contributed by atoms with Crippen molar-refractivity contribution in [2.45, 2.75) is 38.0 Å². The quantitative estimate of drug-likeness (QED) is 0.777. The van der Waals surface area contributed by atoms with E-state index in [9.17, 15) is 9.18 Å². The zero-order valence-corrected chi connectivity index (χ0v) is 17.5. The summed E-state index contributed by atoms with van der Waals surface area (Å²) in [6.07, 6.45) is 4.12. The molecule has 0 N–H and O–H groups in total. The molecule has 2 aliphatic heterocycles. The second kappa shape index (κ2) is 7.52. The number of rotatable bonds is 4. The van der Waals surface area contributed by atoms with Gasteiger partial charge in [-0.25, -0.2) is 9.37 Å². The van der Waals surface area contributed by atoms with Crippen molar-refractivity contribution in [3.8, 4) is 0 Å². The molecule has 158 valence electrons. The minimum absolute atomic E-state index is 0.177. The van der Waals surface area contributed by atoms with E-state index in [0.717, 1.165) is 62.0 Å². The van der Waals surface area contributed by atoms with Crippen molar-refractivity contribution in [1.82, 2.24) is 14.9 Å². The maximum Gasteiger partial charge on any atom is 0.233 e. The van der Waals surface area contributed by atoms with E-state index in [0.29, 0.717) is 13.1 Å². The van der Waals surface area contributed by atoms with Crippen LogP contribution >= 0.6 is 0 Å². The molecule has 3 heterocycles. The van der Waals surface area contributed by atoms with Crippen LogP contribution in [0.4, 0.5) is 16.2 Å². The average Bonchev–Trinajstić information content (AvgIpc) is 3.38. The highest BCUT2D eigenvalue weighted by atomic mass is 19.1. The first-order chi connectivity index (χ1) is 14.5. The average molecular weight is 410 g/mol. The summed E-state index contributed by atoms with van der Waals surface area (Å²) in [7, 11) is 0. The topological polar surface area (TPSA) is 52.6 Å². The second-order valence-electron chi connectivity index (χ2n) is 8.73. The zero-order chi connectivity index (χ0) is 20.7. The summed E-state index contributed by atoms with van der Waals surface area (Å²) in [5, 5.41) is 0. The standard InChI is InChI=1S/C23H28FN5O/c1-17-16-20(27-10-2-3-11-27)26-22(25-17)29-14-12-28(13-15-29)21(30)23(8-9-23)18-4-6-19(24)7-5-18/h4-7,16H,2-3,8-15H2,1H3. The van der Waals surface area contributed by atoms with Crippen LogP contribution in [0.3, 0.4) is 0 Å². The molecule has 0 atom stereocenters. The number of nitrogens with zero attached hydrogens (tertiary/aromatic N) is 5. The fourth-order valence-electron chi connectivity index (χ4n) is 4.72. The SMILES string of the molecule is Cc1cc(N2CCCC2)nc(N2CCN(C(=O)C3(c4ccc(F)cc4)CC3)CC2)n1. The lowest BCUT2D eigenvalue weighted by atomic mass is 9.94. The van der Waals surface area contributed by atoms with Gasteiger partial charge in [-0.2, -0.15) is 4.98 Å². The highest BCUT2D eigenvalue weighted by molar-refractivity contribution is 5.91. The third-order valence-corrected chi connectivity index (χ3v) is 6.66. The summed E-state index contributed by atoms with van der Waals surface area (Å²) in [6, 6.07) is 8.49. The van der Waals surface area contributed by atoms with Crippen LogP contribution in [0.5, 0.6) is 0 Å². The second-order valence-corrected chi connectivity index (χ2v) is 8.73. The number of aromatic nitrogens is 2. The number of piperazine rings is 1. The van der Waals surface area contributed by atoms with Gasteiger partial charge in [0.05, 0.1) is 5.41 Å². The summed E-state index contributed by atoms with van der Waals surface area (Å²) in [5.41, 5.74) is 1.47. The van der Waals surface area contributed by atoms with Crippen molar-refractivity contribution < 1.29 is 9.18 Å². The largest absolute Gasteiger partial charge is 0.356 e. The molecular formula is C23H28FN5O. The normalized spacial score (nSPS) is 20.5. The van der Waals surface area contributed by atoms with Gasteiger partial charge in [0.2, 0.25) is 11.9 Å². The molecule has 3 fully saturated rings. The highest BCUT2D eigenvalue weighted by Gasteiger charge is 2.53. The van der Waals surface area contributed by atoms with Gasteiger partial charge >= 0.3 is 0 Å². The Bertz CT molecular complexity index is 929. The van der Waals surface area contributed by atoms with Crippen molar-refractivity contribution in [2.24, 2.45) is 0 Å². The zero-order valence-electron chi connectivity index (χ0n) is 17.5. The third kappa shape index (κ3) is 3.50. The Labute approximate surface area is 176 Å². The summed E-state index contributed by atoms with van der Waals surface area (Å²) in [6.45, 7) is 6.93. The van der Waals surface area contributed by atoms with Crippen LogP contribution < -0.4 is 9.80 Å². The van der Waals surface area contributed by atoms with E-state index < -0.39 is 5.41 Å². The molecule has 0 radical (unpaired) electrons. The molecule has 1 aromatic heterocycles. The lowest BCUT2D eigenvalue weighted by Gasteiger charge is -2.37. The van der Waals surface area contributed by atoms with E-state index in [1.54, 1.807) is 12.1 Å². The molecule has 0 bridgehead atoms. The number of hydrogen-bond acceptors (Lipinski definition) is 5. The first kappa shape index (κ1) is 19.3. The van der Waals surface area contributed by atoms with Crippen LogP contribution in [0, 0.1) is 12.7 Å². The predicted molar refractivity (Wildman–Crippen MR) is 114 cm³/mol. The van der Waals surface area contributed by atoms with Crippen molar-refractivity contribution in [3.63, 3.8) is 0 Å². The molecule has 3 aliphatic rings. The molecule has 1 amide bonds. The van der Waals surface area contributed by atoms with E-state index >= 15 is 0 Å². The summed E-state index contributed by atoms with van der Waals surface area (Å²) in [4.78, 5) is 29.2. The van der Waals surface area contributed by atoms with Crippen LogP contribution in [-0.4, -0.2) is 60.0 Å². The number of benzene rings is 1. The van der Waals surface area contributed by atoms with E-state index in [-0.39, 0.29) is 11.7 Å². The van der Waals surface area contributed by atoms with Gasteiger partial charge in [0.25, 0.3) is 0 Å². The Hall–Kier alpha value is -2.70. The molecule has 1 aromatic carbocycles. The van der Waals surface area contributed by atoms with Crippen molar-refractivity contribution >= 4 is 17.7 Å². The molecule has 0 spiro atoms. The molecule has 1 saturated carbocycles. The van der Waals surface area contributed by atoms with Gasteiger partial charge in [0.1, 0.15) is 11.6 Å². The molecule has 7 heteroatoms. The fraction of sp³-hybridized carbons (Fsp3) is 0.522. The smallest absolute Gasteiger partial charge is 0.233 e. The molecule has 30 heavy (non-hydrogen) atoms. The molecule has 6 nitrogen and oxygen atoms in total. The molecule has 5 rings (SSSR count). The van der Waals surface area contributed by atoms with E-state index in [1.165, 1.54) is 25.0 Å². The van der Waals surface area contributed by atoms with Gasteiger partial charge in [0.15, 0.2) is 0 Å². The molecule has 2 aromatic rings. The number of carbonyl (C=O) groups excluding carboxylic acids is 1. The highest BCUT2D eigenvalue weighted by Crippen LogP contribution is 2.49. The molecule has 0 unspecified atom stereocenters. The van der Waals surface area contributed by atoms with Gasteiger partial charge in [-0.3, -0.25) is 4.79 Å². The maximum atomic E-state index is 13.3. The minimum Gasteiger partial charge on any atom is -0.356 e. The number of amides is 1. The third-order valence-electron chi connectivity index (χ3n) is 6.66. The summed E-state index contributed by atoms with van der Waals surface area (Å²) < 4.78 is 13.3. The van der Waals surface area contributed by atoms with Crippen LogP contribution in [0.2, 0.25) is 0 Å². The number of halogens is 1. The van der Waals surface area contributed by atoms with E-state index in [1.807, 2.05) is 11.8 Å². The first-order valence-electron chi connectivity index (χ1n) is 11.0. The van der Waals surface area contributed by atoms with Gasteiger partial charge in [-0.05, 0) is 50.3 Å². The lowest BCUT2D eigenvalue weighted by Crippen LogP contribution is -2.52. The van der Waals surface area contributed by atoms with Crippen molar-refractivity contribution in [3.05, 3.63) is 47.4 Å². The minimum atomic E-state index is -0.446. The van der Waals surface area contributed by atoms with Gasteiger partial charge in [0, 0.05) is 51.0 Å². The molecular weight excluding hydrogens is 381 g/mol. The number of hydrogen-bond donors (Lipinski definition) is 0. The van der Waals surface area contributed by atoms with Crippen LogP contribution in [0.1, 0.15) is 36.9 Å². The van der Waals surface area contributed by atoms with Crippen LogP contribution in [0.15, 0.2) is 30.3 Å². The first-order valence-corrected chi connectivity index (χ1v) is 11.0. The molecule has 2 saturated heterocycles. The Morgan fingerprint density at radius 1 is 0.933 bits per heavy atom. The Kier molecular flexibility index (Phi) is 4.83. The van der Waals surface area contributed by atoms with Gasteiger partial charge < -0.3 is 14.7 Å². The fourth-order valence-corrected chi connectivity index (χ4v) is 4.72. The number of anilines is 2. The van der Waals surface area contributed by atoms with Gasteiger partial charge in [-0.1, -0.05) is 12.1 Å². The summed E-state index contributed by atoms with van der Waals surface area (Å²) >= 11 is 0. The monoisotopic (exact) mass is 409 g/mol. The van der Waals surface area contributed by atoms with Crippen molar-refractivity contribution in [2.75, 3.05) is 49.1 Å². The van der Waals surface area contributed by atoms with E-state index in [2.05, 4.69) is 20.9 Å². The molecule has 1 aliphatic carbocycles. The lowest BCUT2D eigenvalue weighted by molar-refractivity contribution is -0.134. The maximum absolute atomic E-state index is 13.3. The Morgan fingerprint density at radius 3 is 2.23 bits per heavy atom. The van der Waals surface area contributed by atoms with E-state index in [4.69, 9.17) is 4.98 Å².